The van der Waals surface area contributed by atoms with Gasteiger partial charge in [0.05, 0.1) is 11.0 Å². The second kappa shape index (κ2) is 7.64. The Bertz CT molecular complexity index is 752. The van der Waals surface area contributed by atoms with Crippen LogP contribution >= 0.6 is 11.6 Å². The second-order valence-electron chi connectivity index (χ2n) is 6.84. The molecule has 1 aliphatic carbocycles. The Morgan fingerprint density at radius 1 is 1.23 bits per heavy atom. The largest absolute Gasteiger partial charge is 0.481 e. The maximum atomic E-state index is 12.1. The van der Waals surface area contributed by atoms with Crippen LogP contribution in [0.2, 0.25) is 5.02 Å². The van der Waals surface area contributed by atoms with Gasteiger partial charge in [-0.05, 0) is 31.0 Å². The van der Waals surface area contributed by atoms with Crippen molar-refractivity contribution in [3.05, 3.63) is 58.7 Å². The molecule has 0 spiro atoms. The number of hydrogen-bond acceptors (Lipinski definition) is 3. The smallest absolute Gasteiger partial charge is 0.332 e. The number of carboxylic acid groups (broad SMARTS) is 2. The molecule has 2 rings (SSSR count). The van der Waals surface area contributed by atoms with Gasteiger partial charge in [-0.25, -0.2) is 4.79 Å². The molecule has 0 bridgehead atoms. The fraction of sp³-hybridized carbons (Fsp3) is 0.400. The third-order valence-corrected chi connectivity index (χ3v) is 5.32. The van der Waals surface area contributed by atoms with Crippen LogP contribution in [0.1, 0.15) is 38.7 Å². The Morgan fingerprint density at radius 3 is 2.35 bits per heavy atom. The molecule has 0 fully saturated rings. The third kappa shape index (κ3) is 3.55. The monoisotopic (exact) mass is 378 g/mol. The lowest BCUT2D eigenvalue weighted by atomic mass is 9.60. The standard InChI is InChI=1S/C20H23ClO5/c1-3-4-12-20(26,13-7-9-14(21)10-8-13)16-15(17(22)23)6-5-11-19(16,2)18(24)25/h5-11,16,26H,3-4,12H2,1-2H3,(H,22,23)(H,24,25). The van der Waals surface area contributed by atoms with Gasteiger partial charge in [-0.3, -0.25) is 4.79 Å². The van der Waals surface area contributed by atoms with Gasteiger partial charge in [-0.2, -0.15) is 0 Å². The number of allylic oxidation sites excluding steroid dienone is 2. The minimum absolute atomic E-state index is 0.119. The van der Waals surface area contributed by atoms with Crippen molar-refractivity contribution in [2.45, 2.75) is 38.7 Å². The SMILES string of the molecule is CCCCC(O)(c1ccc(Cl)cc1)C1C(C(=O)O)=CC=CC1(C)C(=O)O. The second-order valence-corrected chi connectivity index (χ2v) is 7.28. The van der Waals surface area contributed by atoms with Crippen molar-refractivity contribution in [3.63, 3.8) is 0 Å². The van der Waals surface area contributed by atoms with Crippen molar-refractivity contribution in [2.75, 3.05) is 0 Å². The van der Waals surface area contributed by atoms with Gasteiger partial charge in [-0.15, -0.1) is 0 Å². The molecule has 0 saturated carbocycles. The molecule has 1 aliphatic rings. The van der Waals surface area contributed by atoms with E-state index >= 15 is 0 Å². The predicted molar refractivity (Wildman–Crippen MR) is 99.0 cm³/mol. The molecule has 5 nitrogen and oxygen atoms in total. The summed E-state index contributed by atoms with van der Waals surface area (Å²) in [5.74, 6) is -3.58. The van der Waals surface area contributed by atoms with Gasteiger partial charge in [-0.1, -0.05) is 61.7 Å². The van der Waals surface area contributed by atoms with Crippen molar-refractivity contribution in [2.24, 2.45) is 11.3 Å². The van der Waals surface area contributed by atoms with Crippen LogP contribution in [0.4, 0.5) is 0 Å². The molecular formula is C20H23ClO5. The average Bonchev–Trinajstić information content (AvgIpc) is 2.59. The van der Waals surface area contributed by atoms with Crippen LogP contribution in [0.25, 0.3) is 0 Å². The maximum absolute atomic E-state index is 12.1. The van der Waals surface area contributed by atoms with Crippen molar-refractivity contribution in [1.29, 1.82) is 0 Å². The molecule has 0 heterocycles. The van der Waals surface area contributed by atoms with Gasteiger partial charge in [0.2, 0.25) is 0 Å². The van der Waals surface area contributed by atoms with Crippen LogP contribution in [0.15, 0.2) is 48.1 Å². The van der Waals surface area contributed by atoms with E-state index in [1.807, 2.05) is 6.92 Å². The minimum atomic E-state index is -1.66. The molecule has 3 N–H and O–H groups in total. The van der Waals surface area contributed by atoms with E-state index in [1.54, 1.807) is 24.3 Å². The Kier molecular flexibility index (Phi) is 5.94. The Morgan fingerprint density at radius 2 is 1.85 bits per heavy atom. The molecule has 26 heavy (non-hydrogen) atoms. The van der Waals surface area contributed by atoms with E-state index < -0.39 is 28.9 Å². The minimum Gasteiger partial charge on any atom is -0.481 e. The molecule has 0 aliphatic heterocycles. The van der Waals surface area contributed by atoms with Crippen LogP contribution in [0.5, 0.6) is 0 Å². The molecule has 0 aromatic heterocycles. The first kappa shape index (κ1) is 20.2. The molecule has 1 aromatic carbocycles. The molecule has 0 radical (unpaired) electrons. The Labute approximate surface area is 157 Å². The van der Waals surface area contributed by atoms with Crippen LogP contribution in [-0.4, -0.2) is 27.3 Å². The number of hydrogen-bond donors (Lipinski definition) is 3. The van der Waals surface area contributed by atoms with Crippen LogP contribution in [0, 0.1) is 11.3 Å². The van der Waals surface area contributed by atoms with Crippen LogP contribution in [0.3, 0.4) is 0 Å². The number of halogens is 1. The zero-order valence-corrected chi connectivity index (χ0v) is 15.5. The van der Waals surface area contributed by atoms with Gasteiger partial charge in [0.15, 0.2) is 0 Å². The first-order valence-electron chi connectivity index (χ1n) is 8.51. The van der Waals surface area contributed by atoms with Gasteiger partial charge in [0, 0.05) is 16.5 Å². The van der Waals surface area contributed by atoms with Gasteiger partial charge in [0.25, 0.3) is 0 Å². The number of aliphatic hydroxyl groups is 1. The summed E-state index contributed by atoms with van der Waals surface area (Å²) in [6, 6.07) is 6.46. The highest BCUT2D eigenvalue weighted by atomic mass is 35.5. The molecule has 3 unspecified atom stereocenters. The third-order valence-electron chi connectivity index (χ3n) is 5.07. The summed E-state index contributed by atoms with van der Waals surface area (Å²) in [5, 5.41) is 31.7. The van der Waals surface area contributed by atoms with E-state index in [2.05, 4.69) is 0 Å². The lowest BCUT2D eigenvalue weighted by molar-refractivity contribution is -0.156. The summed E-state index contributed by atoms with van der Waals surface area (Å²) in [7, 11) is 0. The molecular weight excluding hydrogens is 356 g/mol. The van der Waals surface area contributed by atoms with Gasteiger partial charge >= 0.3 is 11.9 Å². The summed E-state index contributed by atoms with van der Waals surface area (Å²) < 4.78 is 0. The topological polar surface area (TPSA) is 94.8 Å². The zero-order chi connectivity index (χ0) is 19.5. The van der Waals surface area contributed by atoms with Crippen LogP contribution in [-0.2, 0) is 15.2 Å². The number of rotatable bonds is 7. The summed E-state index contributed by atoms with van der Waals surface area (Å²) in [5.41, 5.74) is -2.89. The molecule has 6 heteroatoms. The van der Waals surface area contributed by atoms with Gasteiger partial charge in [0.1, 0.15) is 0 Å². The Balaban J connectivity index is 2.70. The van der Waals surface area contributed by atoms with Gasteiger partial charge < -0.3 is 15.3 Å². The lowest BCUT2D eigenvalue weighted by Gasteiger charge is -2.45. The lowest BCUT2D eigenvalue weighted by Crippen LogP contribution is -2.50. The highest BCUT2D eigenvalue weighted by molar-refractivity contribution is 6.30. The van der Waals surface area contributed by atoms with E-state index in [1.165, 1.54) is 25.2 Å². The molecule has 3 atom stereocenters. The predicted octanol–water partition coefficient (Wildman–Crippen LogP) is 4.01. The van der Waals surface area contributed by atoms with E-state index in [-0.39, 0.29) is 12.0 Å². The average molecular weight is 379 g/mol. The quantitative estimate of drug-likeness (QED) is 0.666. The number of unbranched alkanes of at least 4 members (excludes halogenated alkanes) is 1. The molecule has 1 aromatic rings. The highest BCUT2D eigenvalue weighted by Crippen LogP contribution is 2.51. The number of carbonyl (C=O) groups is 2. The number of benzene rings is 1. The van der Waals surface area contributed by atoms with Crippen molar-refractivity contribution in [1.82, 2.24) is 0 Å². The van der Waals surface area contributed by atoms with E-state index in [0.29, 0.717) is 17.0 Å². The first-order chi connectivity index (χ1) is 12.2. The number of aliphatic carboxylic acids is 2. The summed E-state index contributed by atoms with van der Waals surface area (Å²) in [6.45, 7) is 3.40. The molecule has 0 amide bonds. The fourth-order valence-corrected chi connectivity index (χ4v) is 3.78. The highest BCUT2D eigenvalue weighted by Gasteiger charge is 2.55. The van der Waals surface area contributed by atoms with E-state index in [0.717, 1.165) is 6.42 Å². The summed E-state index contributed by atoms with van der Waals surface area (Å²) >= 11 is 5.95. The summed E-state index contributed by atoms with van der Waals surface area (Å²) in [6.07, 6.45) is 5.85. The fourth-order valence-electron chi connectivity index (χ4n) is 3.65. The summed E-state index contributed by atoms with van der Waals surface area (Å²) in [4.78, 5) is 23.9. The zero-order valence-electron chi connectivity index (χ0n) is 14.8. The molecule has 140 valence electrons. The van der Waals surface area contributed by atoms with Crippen LogP contribution < -0.4 is 0 Å². The van der Waals surface area contributed by atoms with Crippen molar-refractivity contribution < 1.29 is 24.9 Å². The normalized spacial score (nSPS) is 24.6. The Hall–Kier alpha value is -2.11. The van der Waals surface area contributed by atoms with E-state index in [4.69, 9.17) is 11.6 Å². The maximum Gasteiger partial charge on any atom is 0.332 e. The first-order valence-corrected chi connectivity index (χ1v) is 8.89. The van der Waals surface area contributed by atoms with Crippen molar-refractivity contribution >= 4 is 23.5 Å². The van der Waals surface area contributed by atoms with Crippen molar-refractivity contribution in [3.8, 4) is 0 Å². The van der Waals surface area contributed by atoms with E-state index in [9.17, 15) is 24.9 Å². The molecule has 0 saturated heterocycles. The number of carboxylic acids is 2.